The molecule has 0 bridgehead atoms. The van der Waals surface area contributed by atoms with Crippen molar-refractivity contribution in [3.05, 3.63) is 52.4 Å². The molecule has 0 fully saturated rings. The molecule has 0 amide bonds. The minimum Gasteiger partial charge on any atom is -0.452 e. The molecule has 0 saturated carbocycles. The first-order valence-electron chi connectivity index (χ1n) is 5.86. The zero-order valence-corrected chi connectivity index (χ0v) is 12.1. The molecule has 0 radical (unpaired) electrons. The molecule has 1 atom stereocenters. The highest BCUT2D eigenvalue weighted by Gasteiger charge is 2.19. The van der Waals surface area contributed by atoms with Crippen molar-refractivity contribution in [3.8, 4) is 0 Å². The van der Waals surface area contributed by atoms with Crippen LogP contribution in [-0.4, -0.2) is 13.6 Å². The molecule has 96 valence electrons. The van der Waals surface area contributed by atoms with Crippen molar-refractivity contribution >= 4 is 21.6 Å². The number of nitrogens with zero attached hydrogens (tertiary/aromatic N) is 1. The molecule has 18 heavy (non-hydrogen) atoms. The summed E-state index contributed by atoms with van der Waals surface area (Å²) in [4.78, 5) is 2.13. The minimum atomic E-state index is 0.0407. The van der Waals surface area contributed by atoms with Crippen molar-refractivity contribution in [1.29, 1.82) is 0 Å². The van der Waals surface area contributed by atoms with Gasteiger partial charge in [-0.05, 0) is 47.1 Å². The molecule has 3 nitrogen and oxygen atoms in total. The average Bonchev–Trinajstić information content (AvgIpc) is 2.77. The fraction of sp³-hybridized carbons (Fsp3) is 0.286. The topological polar surface area (TPSA) is 42.4 Å². The molecule has 0 spiro atoms. The van der Waals surface area contributed by atoms with Crippen molar-refractivity contribution in [3.63, 3.8) is 0 Å². The van der Waals surface area contributed by atoms with Crippen molar-refractivity contribution in [1.82, 2.24) is 0 Å². The van der Waals surface area contributed by atoms with Gasteiger partial charge >= 0.3 is 0 Å². The fourth-order valence-corrected chi connectivity index (χ4v) is 2.25. The van der Waals surface area contributed by atoms with Gasteiger partial charge in [-0.3, -0.25) is 0 Å². The number of furan rings is 1. The summed E-state index contributed by atoms with van der Waals surface area (Å²) < 4.78 is 6.33. The van der Waals surface area contributed by atoms with E-state index in [2.05, 4.69) is 52.0 Å². The molecule has 2 aromatic rings. The maximum Gasteiger partial charge on any atom is 0.169 e. The third-order valence-corrected chi connectivity index (χ3v) is 3.48. The van der Waals surface area contributed by atoms with Crippen molar-refractivity contribution in [2.45, 2.75) is 13.0 Å². The van der Waals surface area contributed by atoms with Crippen LogP contribution in [0.25, 0.3) is 0 Å². The Morgan fingerprint density at radius 1 is 1.22 bits per heavy atom. The summed E-state index contributed by atoms with van der Waals surface area (Å²) in [6.07, 6.45) is 0. The molecule has 0 aliphatic heterocycles. The molecule has 4 heteroatoms. The van der Waals surface area contributed by atoms with E-state index < -0.39 is 0 Å². The Labute approximate surface area is 116 Å². The summed E-state index contributed by atoms with van der Waals surface area (Å²) in [6, 6.07) is 12.3. The normalized spacial score (nSPS) is 12.4. The van der Waals surface area contributed by atoms with Gasteiger partial charge in [-0.1, -0.05) is 17.7 Å². The molecule has 0 aliphatic rings. The van der Waals surface area contributed by atoms with Gasteiger partial charge in [-0.25, -0.2) is 0 Å². The molecule has 1 unspecified atom stereocenters. The molecule has 1 heterocycles. The number of halogens is 1. The second kappa shape index (κ2) is 5.59. The summed E-state index contributed by atoms with van der Waals surface area (Å²) in [5, 5.41) is 0. The second-order valence-corrected chi connectivity index (χ2v) is 5.12. The Morgan fingerprint density at radius 3 is 2.39 bits per heavy atom. The van der Waals surface area contributed by atoms with Gasteiger partial charge in [0.1, 0.15) is 5.76 Å². The van der Waals surface area contributed by atoms with Crippen LogP contribution < -0.4 is 10.6 Å². The van der Waals surface area contributed by atoms with E-state index in [1.165, 1.54) is 5.56 Å². The standard InChI is InChI=1S/C14H17BrN2O/c1-10-3-5-11(6-4-10)17(2)12(9-16)13-7-8-14(15)18-13/h3-8,12H,9,16H2,1-2H3. The third-order valence-electron chi connectivity index (χ3n) is 3.05. The van der Waals surface area contributed by atoms with Gasteiger partial charge in [0.2, 0.25) is 0 Å². The van der Waals surface area contributed by atoms with Crippen molar-refractivity contribution in [2.75, 3.05) is 18.5 Å². The monoisotopic (exact) mass is 308 g/mol. The van der Waals surface area contributed by atoms with E-state index in [1.807, 2.05) is 19.2 Å². The predicted octanol–water partition coefficient (Wildman–Crippen LogP) is 3.49. The molecular formula is C14H17BrN2O. The van der Waals surface area contributed by atoms with Crippen LogP contribution in [-0.2, 0) is 0 Å². The number of anilines is 1. The van der Waals surface area contributed by atoms with E-state index in [-0.39, 0.29) is 6.04 Å². The van der Waals surface area contributed by atoms with Crippen LogP contribution in [0.4, 0.5) is 5.69 Å². The quantitative estimate of drug-likeness (QED) is 0.940. The van der Waals surface area contributed by atoms with Gasteiger partial charge in [0.05, 0.1) is 6.04 Å². The van der Waals surface area contributed by atoms with E-state index in [9.17, 15) is 0 Å². The van der Waals surface area contributed by atoms with Crippen molar-refractivity contribution < 1.29 is 4.42 Å². The Balaban J connectivity index is 2.25. The van der Waals surface area contributed by atoms with Crippen LogP contribution in [0.3, 0.4) is 0 Å². The summed E-state index contributed by atoms with van der Waals surface area (Å²) in [5.74, 6) is 0.868. The molecule has 2 N–H and O–H groups in total. The first kappa shape index (κ1) is 13.2. The number of hydrogen-bond acceptors (Lipinski definition) is 3. The number of aryl methyl sites for hydroxylation is 1. The summed E-state index contributed by atoms with van der Waals surface area (Å²) in [5.41, 5.74) is 8.24. The zero-order chi connectivity index (χ0) is 13.1. The van der Waals surface area contributed by atoms with Crippen LogP contribution in [0.5, 0.6) is 0 Å². The summed E-state index contributed by atoms with van der Waals surface area (Å²) in [7, 11) is 2.03. The van der Waals surface area contributed by atoms with E-state index in [4.69, 9.17) is 10.2 Å². The first-order valence-corrected chi connectivity index (χ1v) is 6.66. The Kier molecular flexibility index (Phi) is 4.09. The van der Waals surface area contributed by atoms with Gasteiger partial charge in [0.15, 0.2) is 4.67 Å². The number of likely N-dealkylation sites (N-methyl/N-ethyl adjacent to an activating group) is 1. The molecule has 1 aromatic heterocycles. The number of nitrogens with two attached hydrogens (primary N) is 1. The number of benzene rings is 1. The van der Waals surface area contributed by atoms with E-state index in [0.29, 0.717) is 6.54 Å². The number of rotatable bonds is 4. The predicted molar refractivity (Wildman–Crippen MR) is 77.8 cm³/mol. The van der Waals surface area contributed by atoms with Gasteiger partial charge in [-0.15, -0.1) is 0 Å². The summed E-state index contributed by atoms with van der Waals surface area (Å²) in [6.45, 7) is 2.58. The Bertz CT molecular complexity index is 507. The fourth-order valence-electron chi connectivity index (χ4n) is 1.93. The maximum atomic E-state index is 5.87. The zero-order valence-electron chi connectivity index (χ0n) is 10.6. The maximum absolute atomic E-state index is 5.87. The van der Waals surface area contributed by atoms with Crippen molar-refractivity contribution in [2.24, 2.45) is 5.73 Å². The van der Waals surface area contributed by atoms with Crippen LogP contribution >= 0.6 is 15.9 Å². The average molecular weight is 309 g/mol. The molecular weight excluding hydrogens is 292 g/mol. The van der Waals surface area contributed by atoms with E-state index in [0.717, 1.165) is 16.1 Å². The molecule has 0 saturated heterocycles. The Morgan fingerprint density at radius 2 is 1.89 bits per heavy atom. The highest BCUT2D eigenvalue weighted by molar-refractivity contribution is 9.10. The van der Waals surface area contributed by atoms with Gasteiger partial charge < -0.3 is 15.1 Å². The lowest BCUT2D eigenvalue weighted by Gasteiger charge is -2.27. The van der Waals surface area contributed by atoms with Crippen LogP contribution in [0.2, 0.25) is 0 Å². The lowest BCUT2D eigenvalue weighted by molar-refractivity contribution is 0.444. The molecule has 0 aliphatic carbocycles. The second-order valence-electron chi connectivity index (χ2n) is 4.34. The highest BCUT2D eigenvalue weighted by Crippen LogP contribution is 2.27. The SMILES string of the molecule is Cc1ccc(N(C)C(CN)c2ccc(Br)o2)cc1. The first-order chi connectivity index (χ1) is 8.61. The lowest BCUT2D eigenvalue weighted by atomic mass is 10.1. The molecule has 1 aromatic carbocycles. The van der Waals surface area contributed by atoms with Gasteiger partial charge in [0, 0.05) is 19.3 Å². The smallest absolute Gasteiger partial charge is 0.169 e. The van der Waals surface area contributed by atoms with Gasteiger partial charge in [-0.2, -0.15) is 0 Å². The number of hydrogen-bond donors (Lipinski definition) is 1. The van der Waals surface area contributed by atoms with Gasteiger partial charge in [0.25, 0.3) is 0 Å². The molecule has 2 rings (SSSR count). The van der Waals surface area contributed by atoms with E-state index in [1.54, 1.807) is 0 Å². The summed E-state index contributed by atoms with van der Waals surface area (Å²) >= 11 is 3.32. The van der Waals surface area contributed by atoms with Crippen LogP contribution in [0, 0.1) is 6.92 Å². The highest BCUT2D eigenvalue weighted by atomic mass is 79.9. The Hall–Kier alpha value is -1.26. The van der Waals surface area contributed by atoms with E-state index >= 15 is 0 Å². The largest absolute Gasteiger partial charge is 0.452 e. The lowest BCUT2D eigenvalue weighted by Crippen LogP contribution is -2.30. The minimum absolute atomic E-state index is 0.0407. The third kappa shape index (κ3) is 2.76. The van der Waals surface area contributed by atoms with Crippen LogP contribution in [0.1, 0.15) is 17.4 Å². The van der Waals surface area contributed by atoms with Crippen LogP contribution in [0.15, 0.2) is 45.5 Å².